The van der Waals surface area contributed by atoms with Crippen LogP contribution >= 0.6 is 0 Å². The maximum atomic E-state index is 12.1. The molecule has 7 nitrogen and oxygen atoms in total. The van der Waals surface area contributed by atoms with E-state index in [4.69, 9.17) is 9.84 Å². The van der Waals surface area contributed by atoms with Crippen molar-refractivity contribution in [1.29, 1.82) is 0 Å². The predicted octanol–water partition coefficient (Wildman–Crippen LogP) is 3.28. The molecule has 0 fully saturated rings. The Morgan fingerprint density at radius 3 is 2.20 bits per heavy atom. The van der Waals surface area contributed by atoms with Crippen molar-refractivity contribution in [3.05, 3.63) is 59.7 Å². The zero-order valence-corrected chi connectivity index (χ0v) is 16.9. The number of hydrogen-bond acceptors (Lipinski definition) is 4. The van der Waals surface area contributed by atoms with Gasteiger partial charge in [0.05, 0.1) is 6.42 Å². The average Bonchev–Trinajstić information content (AvgIpc) is 3.04. The molecule has 2 amide bonds. The number of rotatable bonds is 9. The lowest BCUT2D eigenvalue weighted by molar-refractivity contribution is -0.137. The molecule has 0 saturated heterocycles. The van der Waals surface area contributed by atoms with Crippen LogP contribution in [0.2, 0.25) is 0 Å². The quantitative estimate of drug-likeness (QED) is 0.588. The number of alkyl carbamates (subject to hydrolysis) is 1. The van der Waals surface area contributed by atoms with Crippen molar-refractivity contribution in [2.45, 2.75) is 38.1 Å². The van der Waals surface area contributed by atoms with Gasteiger partial charge in [-0.25, -0.2) is 4.79 Å². The van der Waals surface area contributed by atoms with Crippen LogP contribution in [0.15, 0.2) is 48.5 Å². The number of amides is 2. The summed E-state index contributed by atoms with van der Waals surface area (Å²) in [7, 11) is 0. The van der Waals surface area contributed by atoms with Crippen LogP contribution in [-0.4, -0.2) is 42.3 Å². The molecule has 0 spiro atoms. The van der Waals surface area contributed by atoms with Gasteiger partial charge in [-0.2, -0.15) is 0 Å². The molecule has 0 aromatic heterocycles. The van der Waals surface area contributed by atoms with E-state index >= 15 is 0 Å². The smallest absolute Gasteiger partial charge is 0.407 e. The van der Waals surface area contributed by atoms with Crippen LogP contribution in [0.4, 0.5) is 4.79 Å². The fraction of sp³-hybridized carbons (Fsp3) is 0.348. The van der Waals surface area contributed by atoms with Gasteiger partial charge < -0.3 is 20.5 Å². The molecule has 0 unspecified atom stereocenters. The van der Waals surface area contributed by atoms with Crippen molar-refractivity contribution in [2.75, 3.05) is 13.2 Å². The number of benzene rings is 2. The highest BCUT2D eigenvalue weighted by Gasteiger charge is 2.29. The second kappa shape index (κ2) is 9.91. The number of aliphatic carboxylic acids is 1. The highest BCUT2D eigenvalue weighted by atomic mass is 16.5. The number of carboxylic acid groups (broad SMARTS) is 1. The van der Waals surface area contributed by atoms with Gasteiger partial charge in [0.25, 0.3) is 0 Å². The summed E-state index contributed by atoms with van der Waals surface area (Å²) in [5, 5.41) is 14.0. The van der Waals surface area contributed by atoms with Gasteiger partial charge >= 0.3 is 12.1 Å². The number of carbonyl (C=O) groups is 3. The van der Waals surface area contributed by atoms with Crippen LogP contribution in [0.3, 0.4) is 0 Å². The Hall–Kier alpha value is -3.35. The fourth-order valence-electron chi connectivity index (χ4n) is 3.87. The van der Waals surface area contributed by atoms with Crippen molar-refractivity contribution >= 4 is 18.0 Å². The Bertz CT molecular complexity index is 882. The second-order valence-corrected chi connectivity index (χ2v) is 7.33. The summed E-state index contributed by atoms with van der Waals surface area (Å²) in [5.41, 5.74) is 4.50. The first-order valence-corrected chi connectivity index (χ1v) is 10.1. The Kier molecular flexibility index (Phi) is 7.06. The lowest BCUT2D eigenvalue weighted by Gasteiger charge is -2.17. The lowest BCUT2D eigenvalue weighted by Crippen LogP contribution is -2.43. The van der Waals surface area contributed by atoms with Crippen molar-refractivity contribution < 1.29 is 24.2 Å². The topological polar surface area (TPSA) is 105 Å². The first-order chi connectivity index (χ1) is 14.5. The van der Waals surface area contributed by atoms with E-state index in [9.17, 15) is 14.4 Å². The highest BCUT2D eigenvalue weighted by molar-refractivity contribution is 5.83. The molecule has 0 bridgehead atoms. The number of fused-ring (bicyclic) bond motifs is 3. The van der Waals surface area contributed by atoms with Gasteiger partial charge in [-0.1, -0.05) is 61.9 Å². The number of carbonyl (C=O) groups excluding carboxylic acids is 2. The zero-order valence-electron chi connectivity index (χ0n) is 16.9. The van der Waals surface area contributed by atoms with Crippen molar-refractivity contribution in [2.24, 2.45) is 0 Å². The van der Waals surface area contributed by atoms with Gasteiger partial charge in [0.2, 0.25) is 5.91 Å². The molecule has 1 aliphatic carbocycles. The maximum absolute atomic E-state index is 12.1. The van der Waals surface area contributed by atoms with E-state index in [0.29, 0.717) is 6.42 Å². The van der Waals surface area contributed by atoms with Crippen LogP contribution in [0, 0.1) is 0 Å². The first-order valence-electron chi connectivity index (χ1n) is 10.1. The summed E-state index contributed by atoms with van der Waals surface area (Å²) in [5.74, 6) is -1.47. The molecule has 0 saturated carbocycles. The monoisotopic (exact) mass is 410 g/mol. The first kappa shape index (κ1) is 21.4. The highest BCUT2D eigenvalue weighted by Crippen LogP contribution is 2.44. The van der Waals surface area contributed by atoms with E-state index in [-0.39, 0.29) is 25.5 Å². The van der Waals surface area contributed by atoms with Gasteiger partial charge in [0.15, 0.2) is 0 Å². The number of ether oxygens (including phenoxy) is 1. The third kappa shape index (κ3) is 5.17. The predicted molar refractivity (Wildman–Crippen MR) is 112 cm³/mol. The molecule has 158 valence electrons. The summed E-state index contributed by atoms with van der Waals surface area (Å²) >= 11 is 0. The summed E-state index contributed by atoms with van der Waals surface area (Å²) in [4.78, 5) is 35.0. The van der Waals surface area contributed by atoms with Crippen molar-refractivity contribution in [3.8, 4) is 11.1 Å². The van der Waals surface area contributed by atoms with Crippen LogP contribution in [0.5, 0.6) is 0 Å². The Morgan fingerprint density at radius 1 is 1.03 bits per heavy atom. The minimum Gasteiger partial charge on any atom is -0.481 e. The van der Waals surface area contributed by atoms with E-state index in [1.165, 1.54) is 0 Å². The van der Waals surface area contributed by atoms with Gasteiger partial charge in [-0.15, -0.1) is 0 Å². The summed E-state index contributed by atoms with van der Waals surface area (Å²) in [6.45, 7) is 1.81. The van der Waals surface area contributed by atoms with Crippen LogP contribution < -0.4 is 10.6 Å². The van der Waals surface area contributed by atoms with Gasteiger partial charge in [-0.3, -0.25) is 9.59 Å². The van der Waals surface area contributed by atoms with E-state index in [2.05, 4.69) is 22.8 Å². The fourth-order valence-corrected chi connectivity index (χ4v) is 3.87. The van der Waals surface area contributed by atoms with E-state index in [1.807, 2.05) is 43.3 Å². The minimum absolute atomic E-state index is 0.0542. The Morgan fingerprint density at radius 2 is 1.63 bits per heavy atom. The molecule has 2 aromatic rings. The van der Waals surface area contributed by atoms with E-state index < -0.39 is 24.0 Å². The molecule has 2 aromatic carbocycles. The lowest BCUT2D eigenvalue weighted by atomic mass is 9.98. The summed E-state index contributed by atoms with van der Waals surface area (Å²) in [6, 6.07) is 15.6. The third-order valence-corrected chi connectivity index (χ3v) is 5.16. The standard InChI is InChI=1S/C23H26N2O5/c1-2-7-15(12-22(27)28)25-21(26)13-24-23(29)30-14-20-18-10-5-3-8-16(18)17-9-4-6-11-19(17)20/h3-6,8-11,15,20H,2,7,12-14H2,1H3,(H,24,29)(H,25,26)(H,27,28)/t15-/m1/s1. The molecule has 0 radical (unpaired) electrons. The summed E-state index contributed by atoms with van der Waals surface area (Å²) < 4.78 is 5.38. The molecule has 30 heavy (non-hydrogen) atoms. The molecule has 0 heterocycles. The van der Waals surface area contributed by atoms with Gasteiger partial charge in [-0.05, 0) is 28.7 Å². The molecule has 3 rings (SSSR count). The Labute approximate surface area is 175 Å². The molecule has 0 aliphatic heterocycles. The molecule has 1 aliphatic rings. The summed E-state index contributed by atoms with van der Waals surface area (Å²) in [6.07, 6.45) is 0.475. The second-order valence-electron chi connectivity index (χ2n) is 7.33. The molecule has 3 N–H and O–H groups in total. The molecular weight excluding hydrogens is 384 g/mol. The average molecular weight is 410 g/mol. The number of hydrogen-bond donors (Lipinski definition) is 3. The van der Waals surface area contributed by atoms with Gasteiger partial charge in [0.1, 0.15) is 13.2 Å². The van der Waals surface area contributed by atoms with Gasteiger partial charge in [0, 0.05) is 12.0 Å². The van der Waals surface area contributed by atoms with Crippen LogP contribution in [-0.2, 0) is 14.3 Å². The molecule has 7 heteroatoms. The van der Waals surface area contributed by atoms with E-state index in [1.54, 1.807) is 0 Å². The minimum atomic E-state index is -0.974. The SMILES string of the molecule is CCC[C@H](CC(=O)O)NC(=O)CNC(=O)OCC1c2ccccc2-c2ccccc21. The normalized spacial score (nSPS) is 13.1. The van der Waals surface area contributed by atoms with Crippen LogP contribution in [0.1, 0.15) is 43.2 Å². The molecular formula is C23H26N2O5. The largest absolute Gasteiger partial charge is 0.481 e. The maximum Gasteiger partial charge on any atom is 0.407 e. The van der Waals surface area contributed by atoms with Crippen LogP contribution in [0.25, 0.3) is 11.1 Å². The third-order valence-electron chi connectivity index (χ3n) is 5.16. The van der Waals surface area contributed by atoms with Crippen molar-refractivity contribution in [3.63, 3.8) is 0 Å². The Balaban J connectivity index is 1.52. The van der Waals surface area contributed by atoms with Crippen molar-refractivity contribution in [1.82, 2.24) is 10.6 Å². The zero-order chi connectivity index (χ0) is 21.5. The van der Waals surface area contributed by atoms with E-state index in [0.717, 1.165) is 28.7 Å². The number of nitrogens with one attached hydrogen (secondary N) is 2. The number of carboxylic acids is 1. The molecule has 1 atom stereocenters.